The van der Waals surface area contributed by atoms with Gasteiger partial charge in [-0.05, 0) is 80.6 Å². The van der Waals surface area contributed by atoms with Crippen molar-refractivity contribution in [2.75, 3.05) is 21.7 Å². The molecule has 37 heavy (non-hydrogen) atoms. The van der Waals surface area contributed by atoms with Crippen LogP contribution in [-0.2, 0) is 6.42 Å². The first-order valence-corrected chi connectivity index (χ1v) is 13.4. The Balaban J connectivity index is 1.56. The van der Waals surface area contributed by atoms with Gasteiger partial charge in [-0.3, -0.25) is 0 Å². The summed E-state index contributed by atoms with van der Waals surface area (Å²) in [7, 11) is 2.18. The Morgan fingerprint density at radius 1 is 0.757 bits per heavy atom. The Bertz CT molecular complexity index is 1370. The summed E-state index contributed by atoms with van der Waals surface area (Å²) in [6, 6.07) is 37.3. The lowest BCUT2D eigenvalue weighted by Gasteiger charge is -2.34. The molecule has 0 saturated carbocycles. The number of nitrogens with zero attached hydrogens (tertiary/aromatic N) is 3. The van der Waals surface area contributed by atoms with Crippen LogP contribution in [0.25, 0.3) is 0 Å². The second-order valence-electron chi connectivity index (χ2n) is 9.81. The Hall–Kier alpha value is -3.98. The summed E-state index contributed by atoms with van der Waals surface area (Å²) in [6.07, 6.45) is 5.45. The van der Waals surface area contributed by atoms with Crippen molar-refractivity contribution < 1.29 is 0 Å². The second-order valence-corrected chi connectivity index (χ2v) is 9.81. The van der Waals surface area contributed by atoms with E-state index in [1.54, 1.807) is 0 Å². The molecule has 1 atom stereocenters. The van der Waals surface area contributed by atoms with Crippen LogP contribution in [0.15, 0.2) is 115 Å². The molecular formula is C34H37N3. The van der Waals surface area contributed by atoms with E-state index in [0.29, 0.717) is 0 Å². The van der Waals surface area contributed by atoms with Crippen molar-refractivity contribution in [1.29, 1.82) is 0 Å². The molecule has 5 rings (SSSR count). The van der Waals surface area contributed by atoms with Crippen LogP contribution in [0.4, 0.5) is 28.4 Å². The first-order valence-electron chi connectivity index (χ1n) is 13.4. The number of aryl methyl sites for hydroxylation is 2. The summed E-state index contributed by atoms with van der Waals surface area (Å²) in [6.45, 7) is 6.61. The maximum absolute atomic E-state index is 2.55. The molecule has 4 aromatic rings. The fourth-order valence-corrected chi connectivity index (χ4v) is 5.55. The lowest BCUT2D eigenvalue weighted by molar-refractivity contribution is 0.628. The van der Waals surface area contributed by atoms with Crippen molar-refractivity contribution in [3.8, 4) is 0 Å². The van der Waals surface area contributed by atoms with Crippen LogP contribution >= 0.6 is 0 Å². The average Bonchev–Trinajstić information content (AvgIpc) is 3.26. The van der Waals surface area contributed by atoms with Crippen molar-refractivity contribution >= 4 is 28.4 Å². The van der Waals surface area contributed by atoms with E-state index in [1.165, 1.54) is 45.3 Å². The van der Waals surface area contributed by atoms with E-state index in [-0.39, 0.29) is 6.17 Å². The molecule has 188 valence electrons. The lowest BCUT2D eigenvalue weighted by atomic mass is 10.0. The normalized spacial score (nSPS) is 15.1. The highest BCUT2D eigenvalue weighted by molar-refractivity contribution is 5.88. The smallest absolute Gasteiger partial charge is 0.111 e. The molecule has 1 aliphatic rings. The number of para-hydroxylation sites is 5. The Morgan fingerprint density at radius 2 is 1.35 bits per heavy atom. The van der Waals surface area contributed by atoms with Gasteiger partial charge >= 0.3 is 0 Å². The van der Waals surface area contributed by atoms with Gasteiger partial charge in [0.15, 0.2) is 0 Å². The van der Waals surface area contributed by atoms with Gasteiger partial charge < -0.3 is 14.7 Å². The summed E-state index contributed by atoms with van der Waals surface area (Å²) in [5.41, 5.74) is 10.3. The number of rotatable bonds is 8. The first-order chi connectivity index (χ1) is 18.1. The molecule has 1 unspecified atom stereocenters. The molecule has 3 nitrogen and oxygen atoms in total. The zero-order valence-corrected chi connectivity index (χ0v) is 22.4. The minimum Gasteiger partial charge on any atom is -0.349 e. The van der Waals surface area contributed by atoms with Crippen molar-refractivity contribution in [3.63, 3.8) is 0 Å². The number of anilines is 5. The van der Waals surface area contributed by atoms with Crippen molar-refractivity contribution in [2.24, 2.45) is 0 Å². The Labute approximate surface area is 222 Å². The number of allylic oxidation sites excluding steroid dienone is 2. The fourth-order valence-electron chi connectivity index (χ4n) is 5.55. The number of hydrogen-bond donors (Lipinski definition) is 0. The van der Waals surface area contributed by atoms with Gasteiger partial charge in [0, 0.05) is 29.8 Å². The summed E-state index contributed by atoms with van der Waals surface area (Å²) < 4.78 is 0. The highest BCUT2D eigenvalue weighted by Crippen LogP contribution is 2.49. The van der Waals surface area contributed by atoms with E-state index < -0.39 is 0 Å². The summed E-state index contributed by atoms with van der Waals surface area (Å²) in [5, 5.41) is 0. The van der Waals surface area contributed by atoms with Gasteiger partial charge in [-0.2, -0.15) is 0 Å². The molecule has 0 aromatic heterocycles. The summed E-state index contributed by atoms with van der Waals surface area (Å²) in [5.74, 6) is 0. The Kier molecular flexibility index (Phi) is 7.32. The third-order valence-corrected chi connectivity index (χ3v) is 7.46. The van der Waals surface area contributed by atoms with E-state index in [1.807, 2.05) is 0 Å². The minimum atomic E-state index is 0.159. The number of fused-ring (bicyclic) bond motifs is 1. The molecule has 3 heteroatoms. The first kappa shape index (κ1) is 24.7. The van der Waals surface area contributed by atoms with E-state index in [9.17, 15) is 0 Å². The van der Waals surface area contributed by atoms with Crippen LogP contribution in [-0.4, -0.2) is 13.2 Å². The van der Waals surface area contributed by atoms with Gasteiger partial charge in [0.2, 0.25) is 0 Å². The minimum absolute atomic E-state index is 0.159. The lowest BCUT2D eigenvalue weighted by Crippen LogP contribution is -2.39. The van der Waals surface area contributed by atoms with E-state index in [0.717, 1.165) is 19.3 Å². The molecule has 0 fully saturated rings. The number of benzene rings is 4. The maximum Gasteiger partial charge on any atom is 0.111 e. The Morgan fingerprint density at radius 3 is 2.05 bits per heavy atom. The molecular weight excluding hydrogens is 450 g/mol. The van der Waals surface area contributed by atoms with Gasteiger partial charge in [0.1, 0.15) is 6.17 Å². The van der Waals surface area contributed by atoms with Crippen molar-refractivity contribution in [1.82, 2.24) is 0 Å². The van der Waals surface area contributed by atoms with Gasteiger partial charge in [-0.15, -0.1) is 0 Å². The highest BCUT2D eigenvalue weighted by atomic mass is 15.4. The van der Waals surface area contributed by atoms with Crippen LogP contribution in [0.3, 0.4) is 0 Å². The quantitative estimate of drug-likeness (QED) is 0.245. The standard InChI is InChI=1S/C34H37N3/c1-5-15-27(3)35(4)31-21-12-10-17-28(31)24-25-34-36(29-18-7-6-8-19-29)32-22-13-14-23-33(32)37(34)30-20-11-9-16-26(30)2/h6-23,34H,5,24-25H2,1-4H3. The van der Waals surface area contributed by atoms with Crippen LogP contribution in [0.1, 0.15) is 37.8 Å². The predicted octanol–water partition coefficient (Wildman–Crippen LogP) is 8.99. The molecule has 1 heterocycles. The van der Waals surface area contributed by atoms with Crippen LogP contribution in [0, 0.1) is 6.92 Å². The molecule has 1 aliphatic heterocycles. The zero-order valence-electron chi connectivity index (χ0n) is 22.4. The third kappa shape index (κ3) is 4.86. The molecule has 0 saturated heterocycles. The average molecular weight is 488 g/mol. The molecule has 4 aromatic carbocycles. The fraction of sp³-hybridized carbons (Fsp3) is 0.235. The topological polar surface area (TPSA) is 9.72 Å². The molecule has 0 amide bonds. The summed E-state index contributed by atoms with van der Waals surface area (Å²) in [4.78, 5) is 7.40. The molecule has 0 N–H and O–H groups in total. The van der Waals surface area contributed by atoms with E-state index in [4.69, 9.17) is 0 Å². The van der Waals surface area contributed by atoms with Gasteiger partial charge in [-0.25, -0.2) is 0 Å². The van der Waals surface area contributed by atoms with Crippen LogP contribution in [0.2, 0.25) is 0 Å². The monoisotopic (exact) mass is 487 g/mol. The molecule has 0 radical (unpaired) electrons. The molecule has 0 aliphatic carbocycles. The van der Waals surface area contributed by atoms with Crippen LogP contribution < -0.4 is 14.7 Å². The summed E-state index contributed by atoms with van der Waals surface area (Å²) >= 11 is 0. The van der Waals surface area contributed by atoms with Crippen molar-refractivity contribution in [2.45, 2.75) is 46.2 Å². The zero-order chi connectivity index (χ0) is 25.8. The largest absolute Gasteiger partial charge is 0.349 e. The van der Waals surface area contributed by atoms with Gasteiger partial charge in [0.25, 0.3) is 0 Å². The van der Waals surface area contributed by atoms with Gasteiger partial charge in [0.05, 0.1) is 11.4 Å². The third-order valence-electron chi connectivity index (χ3n) is 7.46. The van der Waals surface area contributed by atoms with Gasteiger partial charge in [-0.1, -0.05) is 79.7 Å². The number of hydrogen-bond acceptors (Lipinski definition) is 3. The van der Waals surface area contributed by atoms with Crippen LogP contribution in [0.5, 0.6) is 0 Å². The maximum atomic E-state index is 2.55. The van der Waals surface area contributed by atoms with E-state index >= 15 is 0 Å². The highest BCUT2D eigenvalue weighted by Gasteiger charge is 2.37. The van der Waals surface area contributed by atoms with E-state index in [2.05, 4.69) is 152 Å². The second kappa shape index (κ2) is 11.0. The molecule has 0 spiro atoms. The molecule has 0 bridgehead atoms. The van der Waals surface area contributed by atoms with Crippen molar-refractivity contribution in [3.05, 3.63) is 126 Å². The SMILES string of the molecule is CCC=C(C)N(C)c1ccccc1CCC1N(c2ccccc2)c2ccccc2N1c1ccccc1C. The predicted molar refractivity (Wildman–Crippen MR) is 159 cm³/mol.